The molecule has 2 aromatic rings. The topological polar surface area (TPSA) is 45.2 Å². The van der Waals surface area contributed by atoms with Gasteiger partial charge in [-0.1, -0.05) is 12.7 Å². The van der Waals surface area contributed by atoms with Crippen LogP contribution in [0.15, 0.2) is 24.2 Å². The molecule has 0 spiro atoms. The standard InChI is InChI=1S/C18H21N3OS/c1-3-12-10-23-16-9-19-15(8-14(12)16)18(22)20-17-11(2)21-6-4-13(17)5-7-21/h3,8-11,13,17H,1,4-7H2,2H3,(H,20,22)/t11-,17-/m0/s1. The summed E-state index contributed by atoms with van der Waals surface area (Å²) in [6.07, 6.45) is 6.00. The van der Waals surface area contributed by atoms with Gasteiger partial charge in [0.2, 0.25) is 0 Å². The number of carbonyl (C=O) groups is 1. The number of rotatable bonds is 3. The summed E-state index contributed by atoms with van der Waals surface area (Å²) in [5.74, 6) is 0.547. The SMILES string of the molecule is C=Cc1csc2cnc(C(=O)N[C@@H]3C4CCN(CC4)[C@H]3C)cc12. The van der Waals surface area contributed by atoms with E-state index in [0.29, 0.717) is 17.7 Å². The second-order valence-electron chi connectivity index (χ2n) is 6.57. The number of nitrogens with one attached hydrogen (secondary N) is 1. The predicted octanol–water partition coefficient (Wildman–Crippen LogP) is 3.15. The van der Waals surface area contributed by atoms with Crippen molar-refractivity contribution in [2.45, 2.75) is 31.8 Å². The van der Waals surface area contributed by atoms with Crippen molar-refractivity contribution >= 4 is 33.4 Å². The molecule has 3 aliphatic heterocycles. The fraction of sp³-hybridized carbons (Fsp3) is 0.444. The third-order valence-corrected chi connectivity index (χ3v) is 6.37. The van der Waals surface area contributed by atoms with Gasteiger partial charge in [-0.15, -0.1) is 11.3 Å². The van der Waals surface area contributed by atoms with Crippen LogP contribution < -0.4 is 5.32 Å². The first-order valence-corrected chi connectivity index (χ1v) is 9.10. The molecular formula is C18H21N3OS. The van der Waals surface area contributed by atoms with E-state index in [1.807, 2.05) is 12.1 Å². The zero-order valence-electron chi connectivity index (χ0n) is 13.3. The zero-order valence-corrected chi connectivity index (χ0v) is 14.1. The largest absolute Gasteiger partial charge is 0.346 e. The Morgan fingerprint density at radius 2 is 2.26 bits per heavy atom. The number of pyridine rings is 1. The summed E-state index contributed by atoms with van der Waals surface area (Å²) in [6.45, 7) is 8.39. The molecule has 3 fully saturated rings. The third kappa shape index (κ3) is 2.48. The average Bonchev–Trinajstić information content (AvgIpc) is 3.00. The van der Waals surface area contributed by atoms with E-state index in [1.54, 1.807) is 17.5 Å². The maximum atomic E-state index is 12.7. The summed E-state index contributed by atoms with van der Waals surface area (Å²) >= 11 is 1.63. The average molecular weight is 327 g/mol. The molecule has 5 heteroatoms. The maximum Gasteiger partial charge on any atom is 0.270 e. The van der Waals surface area contributed by atoms with Crippen LogP contribution in [0.5, 0.6) is 0 Å². The number of aromatic nitrogens is 1. The van der Waals surface area contributed by atoms with Crippen molar-refractivity contribution in [3.8, 4) is 0 Å². The first kappa shape index (κ1) is 14.8. The zero-order chi connectivity index (χ0) is 16.0. The lowest BCUT2D eigenvalue weighted by Gasteiger charge is -2.49. The Hall–Kier alpha value is -1.72. The van der Waals surface area contributed by atoms with Crippen LogP contribution in [0, 0.1) is 5.92 Å². The number of amides is 1. The second-order valence-corrected chi connectivity index (χ2v) is 7.49. The quantitative estimate of drug-likeness (QED) is 0.942. The van der Waals surface area contributed by atoms with E-state index < -0.39 is 0 Å². The van der Waals surface area contributed by atoms with Crippen molar-refractivity contribution in [2.75, 3.05) is 13.1 Å². The van der Waals surface area contributed by atoms with E-state index in [-0.39, 0.29) is 11.9 Å². The first-order valence-electron chi connectivity index (χ1n) is 8.22. The third-order valence-electron chi connectivity index (χ3n) is 5.42. The fourth-order valence-corrected chi connectivity index (χ4v) is 4.90. The second kappa shape index (κ2) is 5.73. The minimum absolute atomic E-state index is 0.0567. The van der Waals surface area contributed by atoms with E-state index in [0.717, 1.165) is 15.6 Å². The minimum atomic E-state index is -0.0567. The van der Waals surface area contributed by atoms with Crippen LogP contribution in [-0.2, 0) is 0 Å². The number of piperidine rings is 3. The van der Waals surface area contributed by atoms with Gasteiger partial charge in [0.1, 0.15) is 5.69 Å². The molecule has 5 rings (SSSR count). The van der Waals surface area contributed by atoms with E-state index >= 15 is 0 Å². The van der Waals surface area contributed by atoms with Crippen LogP contribution in [0.25, 0.3) is 16.2 Å². The lowest BCUT2D eigenvalue weighted by molar-refractivity contribution is 0.0216. The van der Waals surface area contributed by atoms with Crippen LogP contribution in [0.3, 0.4) is 0 Å². The van der Waals surface area contributed by atoms with Crippen molar-refractivity contribution in [3.05, 3.63) is 35.5 Å². The normalized spacial score (nSPS) is 29.6. The summed E-state index contributed by atoms with van der Waals surface area (Å²) in [7, 11) is 0. The Bertz CT molecular complexity index is 759. The molecule has 2 aromatic heterocycles. The number of hydrogen-bond acceptors (Lipinski definition) is 4. The van der Waals surface area contributed by atoms with Crippen molar-refractivity contribution in [2.24, 2.45) is 5.92 Å². The molecular weight excluding hydrogens is 306 g/mol. The molecule has 3 saturated heterocycles. The monoisotopic (exact) mass is 327 g/mol. The van der Waals surface area contributed by atoms with Crippen molar-refractivity contribution < 1.29 is 4.79 Å². The highest BCUT2D eigenvalue weighted by atomic mass is 32.1. The van der Waals surface area contributed by atoms with Gasteiger partial charge in [0.15, 0.2) is 0 Å². The van der Waals surface area contributed by atoms with Crippen LogP contribution in [0.1, 0.15) is 35.8 Å². The van der Waals surface area contributed by atoms with Gasteiger partial charge in [-0.2, -0.15) is 0 Å². The summed E-state index contributed by atoms with van der Waals surface area (Å²) in [4.78, 5) is 19.5. The van der Waals surface area contributed by atoms with E-state index in [9.17, 15) is 4.79 Å². The van der Waals surface area contributed by atoms with Gasteiger partial charge >= 0.3 is 0 Å². The van der Waals surface area contributed by atoms with Gasteiger partial charge in [0.25, 0.3) is 5.91 Å². The van der Waals surface area contributed by atoms with Crippen LogP contribution in [0.4, 0.5) is 0 Å². The van der Waals surface area contributed by atoms with Gasteiger partial charge in [-0.05, 0) is 55.8 Å². The van der Waals surface area contributed by atoms with Crippen LogP contribution >= 0.6 is 11.3 Å². The van der Waals surface area contributed by atoms with Crippen molar-refractivity contribution in [1.29, 1.82) is 0 Å². The van der Waals surface area contributed by atoms with E-state index in [4.69, 9.17) is 0 Å². The molecule has 0 aromatic carbocycles. The van der Waals surface area contributed by atoms with Gasteiger partial charge < -0.3 is 5.32 Å². The number of hydrogen-bond donors (Lipinski definition) is 1. The van der Waals surface area contributed by atoms with Crippen LogP contribution in [0.2, 0.25) is 0 Å². The van der Waals surface area contributed by atoms with Gasteiger partial charge in [0, 0.05) is 23.7 Å². The summed E-state index contributed by atoms with van der Waals surface area (Å²) in [5, 5.41) is 6.36. The molecule has 3 aliphatic rings. The van der Waals surface area contributed by atoms with Gasteiger partial charge in [-0.25, -0.2) is 4.98 Å². The molecule has 4 nitrogen and oxygen atoms in total. The summed E-state index contributed by atoms with van der Waals surface area (Å²) in [5.41, 5.74) is 1.57. The fourth-order valence-electron chi connectivity index (χ4n) is 4.01. The Kier molecular flexibility index (Phi) is 3.70. The molecule has 0 saturated carbocycles. The smallest absolute Gasteiger partial charge is 0.270 e. The number of fused-ring (bicyclic) bond motifs is 4. The Morgan fingerprint density at radius 1 is 1.48 bits per heavy atom. The molecule has 1 N–H and O–H groups in total. The number of carbonyl (C=O) groups excluding carboxylic acids is 1. The summed E-state index contributed by atoms with van der Waals surface area (Å²) < 4.78 is 1.09. The molecule has 23 heavy (non-hydrogen) atoms. The lowest BCUT2D eigenvalue weighted by atomic mass is 9.79. The predicted molar refractivity (Wildman–Crippen MR) is 94.7 cm³/mol. The molecule has 0 unspecified atom stereocenters. The molecule has 120 valence electrons. The Balaban J connectivity index is 1.58. The van der Waals surface area contributed by atoms with Crippen LogP contribution in [-0.4, -0.2) is 41.0 Å². The van der Waals surface area contributed by atoms with Gasteiger partial charge in [-0.3, -0.25) is 9.69 Å². The Morgan fingerprint density at radius 3 is 2.96 bits per heavy atom. The van der Waals surface area contributed by atoms with E-state index in [2.05, 4.69) is 34.1 Å². The summed E-state index contributed by atoms with van der Waals surface area (Å²) in [6, 6.07) is 2.55. The number of thiophene rings is 1. The maximum absolute atomic E-state index is 12.7. The highest BCUT2D eigenvalue weighted by Gasteiger charge is 2.40. The first-order chi connectivity index (χ1) is 11.2. The molecule has 0 aliphatic carbocycles. The molecule has 0 radical (unpaired) electrons. The number of nitrogens with zero attached hydrogens (tertiary/aromatic N) is 2. The van der Waals surface area contributed by atoms with Crippen molar-refractivity contribution in [1.82, 2.24) is 15.2 Å². The van der Waals surface area contributed by atoms with Gasteiger partial charge in [0.05, 0.1) is 4.70 Å². The molecule has 1 amide bonds. The van der Waals surface area contributed by atoms with E-state index in [1.165, 1.54) is 25.9 Å². The molecule has 2 bridgehead atoms. The molecule has 5 heterocycles. The van der Waals surface area contributed by atoms with Crippen molar-refractivity contribution in [3.63, 3.8) is 0 Å². The highest BCUT2D eigenvalue weighted by molar-refractivity contribution is 7.17. The Labute approximate surface area is 140 Å². The minimum Gasteiger partial charge on any atom is -0.346 e. The highest BCUT2D eigenvalue weighted by Crippen LogP contribution is 2.32. The lowest BCUT2D eigenvalue weighted by Crippen LogP contribution is -2.62. The molecule has 2 atom stereocenters.